The number of fused-ring (bicyclic) bond motifs is 1. The zero-order valence-corrected chi connectivity index (χ0v) is 11.3. The van der Waals surface area contributed by atoms with Crippen molar-refractivity contribution < 1.29 is 9.90 Å². The number of anilines is 2. The van der Waals surface area contributed by atoms with E-state index in [9.17, 15) is 4.79 Å². The van der Waals surface area contributed by atoms with Crippen molar-refractivity contribution >= 4 is 33.3 Å². The van der Waals surface area contributed by atoms with E-state index in [-0.39, 0.29) is 6.54 Å². The first-order valence-electron chi connectivity index (χ1n) is 5.56. The first-order chi connectivity index (χ1) is 8.09. The molecule has 0 saturated heterocycles. The van der Waals surface area contributed by atoms with E-state index in [4.69, 9.17) is 5.11 Å². The summed E-state index contributed by atoms with van der Waals surface area (Å²) in [6.45, 7) is 1.76. The highest BCUT2D eigenvalue weighted by Gasteiger charge is 2.22. The lowest BCUT2D eigenvalue weighted by Gasteiger charge is -2.25. The second-order valence-corrected chi connectivity index (χ2v) is 5.05. The Kier molecular flexibility index (Phi) is 3.57. The van der Waals surface area contributed by atoms with E-state index in [2.05, 4.69) is 20.8 Å². The normalized spacial score (nSPS) is 15.4. The Balaban J connectivity index is 2.45. The van der Waals surface area contributed by atoms with Crippen LogP contribution in [0.25, 0.3) is 0 Å². The number of benzene rings is 1. The average molecular weight is 299 g/mol. The van der Waals surface area contributed by atoms with Crippen molar-refractivity contribution in [1.82, 2.24) is 0 Å². The van der Waals surface area contributed by atoms with Crippen LogP contribution in [0.3, 0.4) is 0 Å². The maximum Gasteiger partial charge on any atom is 0.323 e. The summed E-state index contributed by atoms with van der Waals surface area (Å²) in [5.74, 6) is -0.795. The molecule has 0 atom stereocenters. The summed E-state index contributed by atoms with van der Waals surface area (Å²) in [5, 5.41) is 8.97. The van der Waals surface area contributed by atoms with Gasteiger partial charge in [-0.05, 0) is 34.5 Å². The zero-order valence-electron chi connectivity index (χ0n) is 9.69. The molecule has 5 heteroatoms. The van der Waals surface area contributed by atoms with E-state index >= 15 is 0 Å². The van der Waals surface area contributed by atoms with Gasteiger partial charge in [0.05, 0.1) is 11.4 Å². The van der Waals surface area contributed by atoms with Crippen molar-refractivity contribution in [3.8, 4) is 0 Å². The largest absolute Gasteiger partial charge is 0.480 e. The molecule has 0 amide bonds. The van der Waals surface area contributed by atoms with E-state index in [0.29, 0.717) is 0 Å². The second kappa shape index (κ2) is 4.96. The van der Waals surface area contributed by atoms with Crippen LogP contribution < -0.4 is 9.80 Å². The fraction of sp³-hybridized carbons (Fsp3) is 0.417. The number of carbonyl (C=O) groups is 1. The molecule has 1 aromatic rings. The maximum absolute atomic E-state index is 10.9. The number of aliphatic carboxylic acids is 1. The van der Waals surface area contributed by atoms with Crippen LogP contribution in [0.1, 0.15) is 6.42 Å². The number of hydrogen-bond donors (Lipinski definition) is 1. The van der Waals surface area contributed by atoms with E-state index in [0.717, 1.165) is 35.4 Å². The number of rotatable bonds is 2. The minimum atomic E-state index is -0.795. The van der Waals surface area contributed by atoms with E-state index in [1.807, 2.05) is 30.1 Å². The SMILES string of the molecule is CN1CCCN(CC(=O)O)c2c(Br)cccc21. The Bertz CT molecular complexity index is 437. The van der Waals surface area contributed by atoms with Gasteiger partial charge >= 0.3 is 5.97 Å². The van der Waals surface area contributed by atoms with Gasteiger partial charge in [-0.25, -0.2) is 0 Å². The van der Waals surface area contributed by atoms with Gasteiger partial charge in [-0.15, -0.1) is 0 Å². The lowest BCUT2D eigenvalue weighted by Crippen LogP contribution is -2.30. The van der Waals surface area contributed by atoms with Crippen LogP contribution in [0.4, 0.5) is 11.4 Å². The minimum Gasteiger partial charge on any atom is -0.480 e. The fourth-order valence-electron chi connectivity index (χ4n) is 2.18. The number of carboxylic acids is 1. The predicted octanol–water partition coefficient (Wildman–Crippen LogP) is 2.18. The van der Waals surface area contributed by atoms with Gasteiger partial charge in [-0.1, -0.05) is 6.07 Å². The van der Waals surface area contributed by atoms with Gasteiger partial charge in [0.15, 0.2) is 0 Å². The molecule has 0 radical (unpaired) electrons. The number of nitrogens with zero attached hydrogens (tertiary/aromatic N) is 2. The smallest absolute Gasteiger partial charge is 0.323 e. The Labute approximate surface area is 109 Å². The highest BCUT2D eigenvalue weighted by Crippen LogP contribution is 2.37. The quantitative estimate of drug-likeness (QED) is 0.909. The molecule has 0 spiro atoms. The highest BCUT2D eigenvalue weighted by atomic mass is 79.9. The van der Waals surface area contributed by atoms with Crippen LogP contribution in [-0.4, -0.2) is 37.8 Å². The molecule has 1 aromatic carbocycles. The molecule has 0 unspecified atom stereocenters. The van der Waals surface area contributed by atoms with Crippen LogP contribution >= 0.6 is 15.9 Å². The van der Waals surface area contributed by atoms with Crippen molar-refractivity contribution in [2.24, 2.45) is 0 Å². The minimum absolute atomic E-state index is 0.0451. The molecular formula is C12H15BrN2O2. The van der Waals surface area contributed by atoms with Crippen LogP contribution in [0.5, 0.6) is 0 Å². The molecule has 4 nitrogen and oxygen atoms in total. The summed E-state index contributed by atoms with van der Waals surface area (Å²) < 4.78 is 0.949. The summed E-state index contributed by atoms with van der Waals surface area (Å²) in [5.41, 5.74) is 2.06. The monoisotopic (exact) mass is 298 g/mol. The molecule has 0 saturated carbocycles. The van der Waals surface area contributed by atoms with Crippen LogP contribution in [0.15, 0.2) is 22.7 Å². The van der Waals surface area contributed by atoms with Crippen molar-refractivity contribution in [2.45, 2.75) is 6.42 Å². The van der Waals surface area contributed by atoms with Gasteiger partial charge in [0.1, 0.15) is 6.54 Å². The zero-order chi connectivity index (χ0) is 12.4. The van der Waals surface area contributed by atoms with Crippen LogP contribution in [0, 0.1) is 0 Å². The molecule has 0 aromatic heterocycles. The predicted molar refractivity (Wildman–Crippen MR) is 71.9 cm³/mol. The third-order valence-corrected chi connectivity index (χ3v) is 3.58. The third kappa shape index (κ3) is 2.54. The molecule has 92 valence electrons. The first kappa shape index (κ1) is 12.2. The Hall–Kier alpha value is -1.23. The van der Waals surface area contributed by atoms with Gasteiger partial charge < -0.3 is 14.9 Å². The number of hydrogen-bond acceptors (Lipinski definition) is 3. The average Bonchev–Trinajstić information content (AvgIpc) is 2.40. The summed E-state index contributed by atoms with van der Waals surface area (Å²) in [6, 6.07) is 5.96. The third-order valence-electron chi connectivity index (χ3n) is 2.94. The van der Waals surface area contributed by atoms with Gasteiger partial charge in [-0.3, -0.25) is 4.79 Å². The number of carboxylic acid groups (broad SMARTS) is 1. The van der Waals surface area contributed by atoms with Gasteiger partial charge in [0, 0.05) is 24.6 Å². The first-order valence-corrected chi connectivity index (χ1v) is 6.35. The van der Waals surface area contributed by atoms with E-state index in [1.54, 1.807) is 0 Å². The fourth-order valence-corrected chi connectivity index (χ4v) is 2.78. The van der Waals surface area contributed by atoms with Gasteiger partial charge in [0.25, 0.3) is 0 Å². The number of para-hydroxylation sites is 1. The molecule has 0 fully saturated rings. The molecule has 1 aliphatic rings. The Morgan fingerprint density at radius 1 is 1.47 bits per heavy atom. The van der Waals surface area contributed by atoms with E-state index in [1.165, 1.54) is 0 Å². The standard InChI is InChI=1S/C12H15BrN2O2/c1-14-6-3-7-15(8-11(16)17)12-9(13)4-2-5-10(12)14/h2,4-5H,3,6-8H2,1H3,(H,16,17). The lowest BCUT2D eigenvalue weighted by atomic mass is 10.2. The lowest BCUT2D eigenvalue weighted by molar-refractivity contribution is -0.135. The molecule has 1 aliphatic heterocycles. The summed E-state index contributed by atoms with van der Waals surface area (Å²) >= 11 is 3.51. The van der Waals surface area contributed by atoms with Gasteiger partial charge in [-0.2, -0.15) is 0 Å². The highest BCUT2D eigenvalue weighted by molar-refractivity contribution is 9.10. The summed E-state index contributed by atoms with van der Waals surface area (Å²) in [4.78, 5) is 15.0. The van der Waals surface area contributed by atoms with Crippen molar-refractivity contribution in [2.75, 3.05) is 36.5 Å². The summed E-state index contributed by atoms with van der Waals surface area (Å²) in [7, 11) is 2.04. The Morgan fingerprint density at radius 2 is 2.24 bits per heavy atom. The molecule has 17 heavy (non-hydrogen) atoms. The van der Waals surface area contributed by atoms with Gasteiger partial charge in [0.2, 0.25) is 0 Å². The van der Waals surface area contributed by atoms with Crippen molar-refractivity contribution in [3.63, 3.8) is 0 Å². The van der Waals surface area contributed by atoms with Crippen molar-refractivity contribution in [3.05, 3.63) is 22.7 Å². The van der Waals surface area contributed by atoms with Crippen LogP contribution in [0.2, 0.25) is 0 Å². The number of halogens is 1. The topological polar surface area (TPSA) is 43.8 Å². The molecule has 0 aliphatic carbocycles. The van der Waals surface area contributed by atoms with Crippen LogP contribution in [-0.2, 0) is 4.79 Å². The van der Waals surface area contributed by atoms with E-state index < -0.39 is 5.97 Å². The maximum atomic E-state index is 10.9. The second-order valence-electron chi connectivity index (χ2n) is 4.20. The molecule has 1 heterocycles. The van der Waals surface area contributed by atoms with Crippen molar-refractivity contribution in [1.29, 1.82) is 0 Å². The molecular weight excluding hydrogens is 284 g/mol. The molecule has 0 bridgehead atoms. The summed E-state index contributed by atoms with van der Waals surface area (Å²) in [6.07, 6.45) is 0.963. The molecule has 1 N–H and O–H groups in total. The Morgan fingerprint density at radius 3 is 2.94 bits per heavy atom. The molecule has 2 rings (SSSR count).